The van der Waals surface area contributed by atoms with Gasteiger partial charge in [-0.1, -0.05) is 29.8 Å². The Kier molecular flexibility index (Phi) is 6.25. The Labute approximate surface area is 181 Å². The second-order valence-electron chi connectivity index (χ2n) is 7.97. The highest BCUT2D eigenvalue weighted by molar-refractivity contribution is 7.18. The third-order valence-electron chi connectivity index (χ3n) is 5.68. The number of benzene rings is 2. The summed E-state index contributed by atoms with van der Waals surface area (Å²) in [5, 5.41) is 1.12. The van der Waals surface area contributed by atoms with Crippen LogP contribution in [0.5, 0.6) is 0 Å². The van der Waals surface area contributed by atoms with E-state index in [4.69, 9.17) is 4.98 Å². The zero-order chi connectivity index (χ0) is 21.1. The average Bonchev–Trinajstić information content (AvgIpc) is 3.16. The first kappa shape index (κ1) is 20.7. The van der Waals surface area contributed by atoms with Crippen LogP contribution >= 0.6 is 11.3 Å². The lowest BCUT2D eigenvalue weighted by atomic mass is 9.99. The minimum atomic E-state index is 0.0546. The van der Waals surface area contributed by atoms with Crippen molar-refractivity contribution < 1.29 is 9.59 Å². The van der Waals surface area contributed by atoms with Crippen molar-refractivity contribution in [1.82, 2.24) is 14.8 Å². The monoisotopic (exact) mass is 421 g/mol. The van der Waals surface area contributed by atoms with Crippen molar-refractivity contribution in [2.75, 3.05) is 26.2 Å². The first-order chi connectivity index (χ1) is 14.5. The van der Waals surface area contributed by atoms with E-state index in [0.717, 1.165) is 46.8 Å². The standard InChI is InChI=1S/C24H27N3O2S/c1-17-7-8-18(2)19(15-17)21(28)9-10-24(29)27-13-11-26(12-14-27)16-23-25-20-5-3-4-6-22(20)30-23/h3-8,15H,9-14,16H2,1-2H3. The molecule has 0 N–H and O–H groups in total. The molecule has 156 valence electrons. The van der Waals surface area contributed by atoms with Crippen LogP contribution in [0.4, 0.5) is 0 Å². The number of amides is 1. The Balaban J connectivity index is 1.26. The number of carbonyl (C=O) groups is 2. The molecule has 1 aromatic heterocycles. The van der Waals surface area contributed by atoms with Crippen molar-refractivity contribution >= 4 is 33.2 Å². The van der Waals surface area contributed by atoms with Gasteiger partial charge in [-0.15, -0.1) is 11.3 Å². The molecule has 1 saturated heterocycles. The molecule has 1 amide bonds. The number of piperazine rings is 1. The molecule has 6 heteroatoms. The fraction of sp³-hybridized carbons (Fsp3) is 0.375. The molecule has 1 aliphatic heterocycles. The fourth-order valence-corrected chi connectivity index (χ4v) is 4.89. The number of Topliss-reactive ketones (excluding diaryl/α,β-unsaturated/α-hetero) is 1. The Bertz CT molecular complexity index is 1030. The zero-order valence-corrected chi connectivity index (χ0v) is 18.4. The molecule has 1 aliphatic rings. The van der Waals surface area contributed by atoms with E-state index in [0.29, 0.717) is 13.1 Å². The number of para-hydroxylation sites is 1. The van der Waals surface area contributed by atoms with Crippen molar-refractivity contribution in [3.8, 4) is 0 Å². The minimum Gasteiger partial charge on any atom is -0.340 e. The lowest BCUT2D eigenvalue weighted by Crippen LogP contribution is -2.48. The predicted molar refractivity (Wildman–Crippen MR) is 121 cm³/mol. The smallest absolute Gasteiger partial charge is 0.223 e. The van der Waals surface area contributed by atoms with Crippen LogP contribution in [0.15, 0.2) is 42.5 Å². The van der Waals surface area contributed by atoms with E-state index < -0.39 is 0 Å². The first-order valence-electron chi connectivity index (χ1n) is 10.4. The molecule has 2 heterocycles. The van der Waals surface area contributed by atoms with Gasteiger partial charge in [-0.05, 0) is 37.6 Å². The molecular weight excluding hydrogens is 394 g/mol. The summed E-state index contributed by atoms with van der Waals surface area (Å²) in [5.41, 5.74) is 3.84. The highest BCUT2D eigenvalue weighted by Crippen LogP contribution is 2.23. The van der Waals surface area contributed by atoms with Gasteiger partial charge in [0, 0.05) is 44.6 Å². The van der Waals surface area contributed by atoms with Crippen molar-refractivity contribution in [1.29, 1.82) is 0 Å². The van der Waals surface area contributed by atoms with Gasteiger partial charge in [-0.3, -0.25) is 14.5 Å². The number of nitrogens with zero attached hydrogens (tertiary/aromatic N) is 3. The molecule has 0 saturated carbocycles. The predicted octanol–water partition coefficient (Wildman–Crippen LogP) is 4.22. The van der Waals surface area contributed by atoms with Crippen molar-refractivity contribution in [3.05, 3.63) is 64.2 Å². The molecule has 5 nitrogen and oxygen atoms in total. The number of thiazole rings is 1. The van der Waals surface area contributed by atoms with Crippen molar-refractivity contribution in [2.24, 2.45) is 0 Å². The fourth-order valence-electron chi connectivity index (χ4n) is 3.88. The van der Waals surface area contributed by atoms with E-state index in [1.54, 1.807) is 11.3 Å². The molecule has 0 atom stereocenters. The molecule has 0 radical (unpaired) electrons. The SMILES string of the molecule is Cc1ccc(C)c(C(=O)CCC(=O)N2CCN(Cc3nc4ccccc4s3)CC2)c1. The maximum atomic E-state index is 12.6. The number of fused-ring (bicyclic) bond motifs is 1. The summed E-state index contributed by atoms with van der Waals surface area (Å²) in [5.74, 6) is 0.132. The molecule has 0 aliphatic carbocycles. The van der Waals surface area contributed by atoms with Gasteiger partial charge in [0.1, 0.15) is 5.01 Å². The van der Waals surface area contributed by atoms with E-state index in [1.807, 2.05) is 55.1 Å². The van der Waals surface area contributed by atoms with Crippen LogP contribution in [0.1, 0.15) is 39.3 Å². The molecule has 0 bridgehead atoms. The quantitative estimate of drug-likeness (QED) is 0.559. The molecule has 4 rings (SSSR count). The summed E-state index contributed by atoms with van der Waals surface area (Å²) in [7, 11) is 0. The van der Waals surface area contributed by atoms with Crippen molar-refractivity contribution in [3.63, 3.8) is 0 Å². The highest BCUT2D eigenvalue weighted by Gasteiger charge is 2.22. The zero-order valence-electron chi connectivity index (χ0n) is 17.6. The van der Waals surface area contributed by atoms with E-state index in [1.165, 1.54) is 4.70 Å². The third-order valence-corrected chi connectivity index (χ3v) is 6.70. The second kappa shape index (κ2) is 9.06. The van der Waals surface area contributed by atoms with Crippen molar-refractivity contribution in [2.45, 2.75) is 33.2 Å². The summed E-state index contributed by atoms with van der Waals surface area (Å²) in [6, 6.07) is 14.1. The average molecular weight is 422 g/mol. The van der Waals surface area contributed by atoms with Crippen LogP contribution in [0.3, 0.4) is 0 Å². The molecule has 0 unspecified atom stereocenters. The van der Waals surface area contributed by atoms with E-state index in [-0.39, 0.29) is 24.5 Å². The largest absolute Gasteiger partial charge is 0.340 e. The Morgan fingerprint density at radius 3 is 2.53 bits per heavy atom. The molecule has 30 heavy (non-hydrogen) atoms. The van der Waals surface area contributed by atoms with Gasteiger partial charge in [-0.2, -0.15) is 0 Å². The van der Waals surface area contributed by atoms with Crippen LogP contribution in [0.2, 0.25) is 0 Å². The molecule has 0 spiro atoms. The summed E-state index contributed by atoms with van der Waals surface area (Å²) < 4.78 is 1.22. The maximum absolute atomic E-state index is 12.6. The summed E-state index contributed by atoms with van der Waals surface area (Å²) >= 11 is 1.74. The Morgan fingerprint density at radius 2 is 1.77 bits per heavy atom. The maximum Gasteiger partial charge on any atom is 0.223 e. The lowest BCUT2D eigenvalue weighted by molar-refractivity contribution is -0.132. The Morgan fingerprint density at radius 1 is 1.00 bits per heavy atom. The van der Waals surface area contributed by atoms with Crippen LogP contribution in [0, 0.1) is 13.8 Å². The van der Waals surface area contributed by atoms with Gasteiger partial charge < -0.3 is 4.90 Å². The van der Waals surface area contributed by atoms with Gasteiger partial charge in [-0.25, -0.2) is 4.98 Å². The third kappa shape index (κ3) is 4.77. The van der Waals surface area contributed by atoms with Gasteiger partial charge in [0.15, 0.2) is 5.78 Å². The van der Waals surface area contributed by atoms with Crippen LogP contribution < -0.4 is 0 Å². The van der Waals surface area contributed by atoms with Crippen LogP contribution in [0.25, 0.3) is 10.2 Å². The number of aryl methyl sites for hydroxylation is 2. The van der Waals surface area contributed by atoms with Gasteiger partial charge in [0.25, 0.3) is 0 Å². The minimum absolute atomic E-state index is 0.0546. The number of hydrogen-bond acceptors (Lipinski definition) is 5. The normalized spacial score (nSPS) is 14.9. The van der Waals surface area contributed by atoms with Gasteiger partial charge >= 0.3 is 0 Å². The molecule has 3 aromatic rings. The van der Waals surface area contributed by atoms with Gasteiger partial charge in [0.05, 0.1) is 16.8 Å². The Hall–Kier alpha value is -2.57. The highest BCUT2D eigenvalue weighted by atomic mass is 32.1. The number of carbonyl (C=O) groups excluding carboxylic acids is 2. The van der Waals surface area contributed by atoms with E-state index >= 15 is 0 Å². The summed E-state index contributed by atoms with van der Waals surface area (Å²) in [6.45, 7) is 7.85. The second-order valence-corrected chi connectivity index (χ2v) is 9.09. The number of aromatic nitrogens is 1. The van der Waals surface area contributed by atoms with E-state index in [2.05, 4.69) is 11.0 Å². The molecule has 2 aromatic carbocycles. The number of rotatable bonds is 6. The topological polar surface area (TPSA) is 53.5 Å². The van der Waals surface area contributed by atoms with E-state index in [9.17, 15) is 9.59 Å². The lowest BCUT2D eigenvalue weighted by Gasteiger charge is -2.34. The number of ketones is 1. The molecular formula is C24H27N3O2S. The summed E-state index contributed by atoms with van der Waals surface area (Å²) in [4.78, 5) is 34.1. The van der Waals surface area contributed by atoms with Crippen LogP contribution in [-0.4, -0.2) is 52.7 Å². The molecule has 1 fully saturated rings. The number of hydrogen-bond donors (Lipinski definition) is 0. The first-order valence-corrected chi connectivity index (χ1v) is 11.3. The van der Waals surface area contributed by atoms with Gasteiger partial charge in [0.2, 0.25) is 5.91 Å². The van der Waals surface area contributed by atoms with Crippen LogP contribution in [-0.2, 0) is 11.3 Å². The summed E-state index contributed by atoms with van der Waals surface area (Å²) in [6.07, 6.45) is 0.555.